The molecule has 28 heavy (non-hydrogen) atoms. The predicted octanol–water partition coefficient (Wildman–Crippen LogP) is 6.02. The topological polar surface area (TPSA) is 46.2 Å². The molecule has 0 bridgehead atoms. The second kappa shape index (κ2) is 10.5. The van der Waals surface area contributed by atoms with Gasteiger partial charge in [0, 0.05) is 22.3 Å². The highest BCUT2D eigenvalue weighted by atomic mass is 35.5. The van der Waals surface area contributed by atoms with E-state index < -0.39 is 0 Å². The van der Waals surface area contributed by atoms with E-state index in [-0.39, 0.29) is 0 Å². The molecule has 0 aliphatic heterocycles. The number of fused-ring (bicyclic) bond motifs is 2. The van der Waals surface area contributed by atoms with Gasteiger partial charge in [-0.25, -0.2) is 4.98 Å². The molecule has 1 heterocycles. The van der Waals surface area contributed by atoms with E-state index in [1.807, 2.05) is 30.3 Å². The highest BCUT2D eigenvalue weighted by Gasteiger charge is 2.10. The molecule has 2 N–H and O–H groups in total. The third-order valence-corrected chi connectivity index (χ3v) is 5.22. The van der Waals surface area contributed by atoms with Gasteiger partial charge in [0.2, 0.25) is 0 Å². The number of anilines is 1. The van der Waals surface area contributed by atoms with Crippen LogP contribution in [0.5, 0.6) is 5.75 Å². The molecule has 0 saturated carbocycles. The lowest BCUT2D eigenvalue weighted by molar-refractivity contribution is 0.415. The van der Waals surface area contributed by atoms with Crippen LogP contribution in [-0.2, 0) is 0 Å². The molecule has 1 aromatic heterocycles. The summed E-state index contributed by atoms with van der Waals surface area (Å²) in [6, 6.07) is 11.9. The Balaban J connectivity index is 1.70. The van der Waals surface area contributed by atoms with Gasteiger partial charge in [0.25, 0.3) is 0 Å². The Morgan fingerprint density at radius 2 is 1.71 bits per heavy atom. The third kappa shape index (κ3) is 5.27. The van der Waals surface area contributed by atoms with E-state index in [1.165, 1.54) is 25.7 Å². The van der Waals surface area contributed by atoms with Crippen molar-refractivity contribution < 1.29 is 4.74 Å². The maximum atomic E-state index is 6.19. The van der Waals surface area contributed by atoms with E-state index in [0.29, 0.717) is 5.02 Å². The smallest absolute Gasteiger partial charge is 0.119 e. The van der Waals surface area contributed by atoms with Gasteiger partial charge in [0.15, 0.2) is 0 Å². The van der Waals surface area contributed by atoms with Crippen molar-refractivity contribution in [1.82, 2.24) is 10.3 Å². The van der Waals surface area contributed by atoms with Crippen LogP contribution >= 0.6 is 11.6 Å². The van der Waals surface area contributed by atoms with Crippen molar-refractivity contribution >= 4 is 39.1 Å². The fourth-order valence-corrected chi connectivity index (χ4v) is 3.57. The molecule has 0 aliphatic carbocycles. The summed E-state index contributed by atoms with van der Waals surface area (Å²) in [4.78, 5) is 4.78. The first-order chi connectivity index (χ1) is 13.7. The monoisotopic (exact) mass is 399 g/mol. The third-order valence-electron chi connectivity index (χ3n) is 4.98. The molecule has 5 heteroatoms. The molecule has 3 rings (SSSR count). The number of nitrogens with one attached hydrogen (secondary N) is 2. The normalized spacial score (nSPS) is 11.2. The molecule has 3 aromatic rings. The van der Waals surface area contributed by atoms with Gasteiger partial charge < -0.3 is 15.4 Å². The maximum Gasteiger partial charge on any atom is 0.119 e. The zero-order valence-electron chi connectivity index (χ0n) is 16.9. The number of halogens is 1. The van der Waals surface area contributed by atoms with Crippen molar-refractivity contribution in [2.24, 2.45) is 0 Å². The molecule has 0 spiro atoms. The average molecular weight is 400 g/mol. The summed E-state index contributed by atoms with van der Waals surface area (Å²) in [6.45, 7) is 5.40. The van der Waals surface area contributed by atoms with Gasteiger partial charge in [-0.2, -0.15) is 0 Å². The fourth-order valence-electron chi connectivity index (χ4n) is 3.41. The summed E-state index contributed by atoms with van der Waals surface area (Å²) in [5, 5.41) is 10.0. The molecule has 0 aliphatic rings. The minimum atomic E-state index is 0.703. The zero-order chi connectivity index (χ0) is 19.8. The highest BCUT2D eigenvalue weighted by molar-refractivity contribution is 6.31. The number of methoxy groups -OCH3 is 1. The first-order valence-electron chi connectivity index (χ1n) is 10.2. The van der Waals surface area contributed by atoms with E-state index >= 15 is 0 Å². The SMILES string of the molecule is CCCCNCCCCCNc1c2ccc(Cl)cc2nc2ccc(OC)cc12. The Labute approximate surface area is 172 Å². The lowest BCUT2D eigenvalue weighted by atomic mass is 10.1. The Bertz CT molecular complexity index is 913. The molecular weight excluding hydrogens is 370 g/mol. The molecule has 0 amide bonds. The second-order valence-electron chi connectivity index (χ2n) is 7.12. The van der Waals surface area contributed by atoms with Crippen LogP contribution in [0.15, 0.2) is 36.4 Å². The summed E-state index contributed by atoms with van der Waals surface area (Å²) in [6.07, 6.45) is 6.07. The van der Waals surface area contributed by atoms with Gasteiger partial charge in [-0.05, 0) is 68.8 Å². The molecule has 0 atom stereocenters. The molecule has 4 nitrogen and oxygen atoms in total. The molecule has 2 aromatic carbocycles. The van der Waals surface area contributed by atoms with Crippen LogP contribution in [0.1, 0.15) is 39.0 Å². The lowest BCUT2D eigenvalue weighted by Crippen LogP contribution is -2.16. The number of hydrogen-bond acceptors (Lipinski definition) is 4. The van der Waals surface area contributed by atoms with E-state index in [4.69, 9.17) is 21.3 Å². The van der Waals surface area contributed by atoms with Crippen LogP contribution in [-0.4, -0.2) is 31.7 Å². The van der Waals surface area contributed by atoms with Crippen molar-refractivity contribution in [2.45, 2.75) is 39.0 Å². The number of hydrogen-bond donors (Lipinski definition) is 2. The summed E-state index contributed by atoms with van der Waals surface area (Å²) in [5.41, 5.74) is 2.96. The Morgan fingerprint density at radius 3 is 2.54 bits per heavy atom. The van der Waals surface area contributed by atoms with Gasteiger partial charge in [0.05, 0.1) is 23.8 Å². The van der Waals surface area contributed by atoms with Gasteiger partial charge >= 0.3 is 0 Å². The minimum absolute atomic E-state index is 0.703. The minimum Gasteiger partial charge on any atom is -0.497 e. The largest absolute Gasteiger partial charge is 0.497 e. The number of rotatable bonds is 11. The summed E-state index contributed by atoms with van der Waals surface area (Å²) in [5.74, 6) is 0.837. The molecule has 0 radical (unpaired) electrons. The first-order valence-corrected chi connectivity index (χ1v) is 10.6. The number of nitrogens with zero attached hydrogens (tertiary/aromatic N) is 1. The van der Waals surface area contributed by atoms with Crippen LogP contribution in [0.25, 0.3) is 21.8 Å². The van der Waals surface area contributed by atoms with Crippen LogP contribution in [0.4, 0.5) is 5.69 Å². The average Bonchev–Trinajstić information content (AvgIpc) is 2.71. The standard InChI is InChI=1S/C23H30ClN3O/c1-3-4-12-25-13-6-5-7-14-26-23-19-10-8-17(24)15-22(19)27-21-11-9-18(28-2)16-20(21)23/h8-11,15-16,25H,3-7,12-14H2,1-2H3,(H,26,27). The predicted molar refractivity (Wildman–Crippen MR) is 121 cm³/mol. The van der Waals surface area contributed by atoms with E-state index in [1.54, 1.807) is 7.11 Å². The van der Waals surface area contributed by atoms with E-state index in [9.17, 15) is 0 Å². The summed E-state index contributed by atoms with van der Waals surface area (Å²) >= 11 is 6.19. The van der Waals surface area contributed by atoms with E-state index in [2.05, 4.69) is 23.6 Å². The number of pyridine rings is 1. The number of aromatic nitrogens is 1. The zero-order valence-corrected chi connectivity index (χ0v) is 17.6. The van der Waals surface area contributed by atoms with Crippen molar-refractivity contribution in [3.63, 3.8) is 0 Å². The molecule has 0 fully saturated rings. The summed E-state index contributed by atoms with van der Waals surface area (Å²) < 4.78 is 5.42. The van der Waals surface area contributed by atoms with Crippen LogP contribution in [0.2, 0.25) is 5.02 Å². The van der Waals surface area contributed by atoms with Crippen LogP contribution in [0.3, 0.4) is 0 Å². The van der Waals surface area contributed by atoms with Gasteiger partial charge in [-0.15, -0.1) is 0 Å². The van der Waals surface area contributed by atoms with Crippen LogP contribution in [0, 0.1) is 0 Å². The van der Waals surface area contributed by atoms with E-state index in [0.717, 1.165) is 59.3 Å². The molecular formula is C23H30ClN3O. The number of benzene rings is 2. The lowest BCUT2D eigenvalue weighted by Gasteiger charge is -2.14. The Hall–Kier alpha value is -2.04. The molecule has 0 saturated heterocycles. The van der Waals surface area contributed by atoms with Crippen molar-refractivity contribution in [2.75, 3.05) is 32.1 Å². The molecule has 0 unspecified atom stereocenters. The Kier molecular flexibility index (Phi) is 7.75. The van der Waals surface area contributed by atoms with Crippen LogP contribution < -0.4 is 15.4 Å². The van der Waals surface area contributed by atoms with Gasteiger partial charge in [-0.1, -0.05) is 31.4 Å². The Morgan fingerprint density at radius 1 is 0.893 bits per heavy atom. The van der Waals surface area contributed by atoms with Gasteiger partial charge in [-0.3, -0.25) is 0 Å². The second-order valence-corrected chi connectivity index (χ2v) is 7.56. The highest BCUT2D eigenvalue weighted by Crippen LogP contribution is 2.34. The number of ether oxygens (including phenoxy) is 1. The quantitative estimate of drug-likeness (QED) is 0.305. The maximum absolute atomic E-state index is 6.19. The number of unbranched alkanes of at least 4 members (excludes halogenated alkanes) is 3. The summed E-state index contributed by atoms with van der Waals surface area (Å²) in [7, 11) is 1.69. The van der Waals surface area contributed by atoms with Crippen molar-refractivity contribution in [3.8, 4) is 5.75 Å². The van der Waals surface area contributed by atoms with Crippen molar-refractivity contribution in [3.05, 3.63) is 41.4 Å². The molecule has 150 valence electrons. The van der Waals surface area contributed by atoms with Crippen molar-refractivity contribution in [1.29, 1.82) is 0 Å². The fraction of sp³-hybridized carbons (Fsp3) is 0.435. The first kappa shape index (κ1) is 20.7. The van der Waals surface area contributed by atoms with Gasteiger partial charge in [0.1, 0.15) is 5.75 Å².